The van der Waals surface area contributed by atoms with E-state index in [-0.39, 0.29) is 6.04 Å². The monoisotopic (exact) mass is 272 g/mol. The fraction of sp³-hybridized carbons (Fsp3) is 0.286. The largest absolute Gasteiger partial charge is 0.388 e. The van der Waals surface area contributed by atoms with E-state index in [1.807, 2.05) is 6.08 Å². The number of hydrogen-bond acceptors (Lipinski definition) is 5. The lowest BCUT2D eigenvalue weighted by Crippen LogP contribution is -2.29. The third kappa shape index (κ3) is 1.81. The number of allylic oxidation sites excluding steroid dienone is 1. The van der Waals surface area contributed by atoms with Gasteiger partial charge in [0.1, 0.15) is 17.7 Å². The van der Waals surface area contributed by atoms with Gasteiger partial charge in [-0.15, -0.1) is 6.58 Å². The molecule has 2 aromatic heterocycles. The van der Waals surface area contributed by atoms with Gasteiger partial charge in [0.05, 0.1) is 17.9 Å². The van der Waals surface area contributed by atoms with Gasteiger partial charge in [0.15, 0.2) is 5.82 Å². The summed E-state index contributed by atoms with van der Waals surface area (Å²) in [5, 5.41) is 20.3. The first-order chi connectivity index (χ1) is 9.63. The average Bonchev–Trinajstić information content (AvgIpc) is 2.97. The van der Waals surface area contributed by atoms with E-state index in [9.17, 15) is 10.2 Å². The summed E-state index contributed by atoms with van der Waals surface area (Å²) in [6.07, 6.45) is 5.53. The molecule has 2 aromatic rings. The fourth-order valence-electron chi connectivity index (χ4n) is 2.64. The van der Waals surface area contributed by atoms with E-state index in [0.29, 0.717) is 17.8 Å². The van der Waals surface area contributed by atoms with Crippen LogP contribution in [0.5, 0.6) is 0 Å². The number of aliphatic hydroxyl groups is 2. The molecule has 0 aromatic carbocycles. The molecule has 1 aliphatic carbocycles. The minimum absolute atomic E-state index is 0.351. The molecule has 1 aliphatic rings. The van der Waals surface area contributed by atoms with Gasteiger partial charge in [-0.25, -0.2) is 9.97 Å². The van der Waals surface area contributed by atoms with Gasteiger partial charge in [-0.3, -0.25) is 0 Å². The van der Waals surface area contributed by atoms with Crippen LogP contribution >= 0.6 is 0 Å². The number of aromatic nitrogens is 3. The smallest absolute Gasteiger partial charge is 0.151 e. The summed E-state index contributed by atoms with van der Waals surface area (Å²) >= 11 is 0. The molecule has 104 valence electrons. The minimum Gasteiger partial charge on any atom is -0.388 e. The topological polar surface area (TPSA) is 97.2 Å². The summed E-state index contributed by atoms with van der Waals surface area (Å²) in [5.41, 5.74) is 7.92. The molecule has 0 saturated heterocycles. The standard InChI is InChI=1S/C14H16N4O2/c1-2-3-8-6-10(13(20)12(8)19)18-7-17-11-9(18)4-5-16-14(11)15/h2,4-7,10,12-13,19-20H,1,3H2,(H2,15,16). The Bertz CT molecular complexity index is 692. The van der Waals surface area contributed by atoms with Crippen LogP contribution in [0.1, 0.15) is 12.5 Å². The van der Waals surface area contributed by atoms with Crippen LogP contribution in [0.4, 0.5) is 5.82 Å². The summed E-state index contributed by atoms with van der Waals surface area (Å²) in [6.45, 7) is 3.66. The Morgan fingerprint density at radius 3 is 2.95 bits per heavy atom. The summed E-state index contributed by atoms with van der Waals surface area (Å²) in [5.74, 6) is 0.351. The van der Waals surface area contributed by atoms with E-state index in [2.05, 4.69) is 16.5 Å². The van der Waals surface area contributed by atoms with Gasteiger partial charge >= 0.3 is 0 Å². The predicted molar refractivity (Wildman–Crippen MR) is 75.9 cm³/mol. The quantitative estimate of drug-likeness (QED) is 0.718. The number of nitrogens with two attached hydrogens (primary N) is 1. The maximum absolute atomic E-state index is 10.2. The van der Waals surface area contributed by atoms with Crippen LogP contribution < -0.4 is 5.73 Å². The zero-order valence-electron chi connectivity index (χ0n) is 10.8. The highest BCUT2D eigenvalue weighted by Crippen LogP contribution is 2.33. The highest BCUT2D eigenvalue weighted by Gasteiger charge is 2.35. The van der Waals surface area contributed by atoms with Crippen LogP contribution in [0, 0.1) is 0 Å². The third-order valence-electron chi connectivity index (χ3n) is 3.66. The molecule has 6 heteroatoms. The summed E-state index contributed by atoms with van der Waals surface area (Å²) < 4.78 is 1.80. The lowest BCUT2D eigenvalue weighted by molar-refractivity contribution is 0.0322. The van der Waals surface area contributed by atoms with Crippen molar-refractivity contribution in [2.24, 2.45) is 0 Å². The number of hydrogen-bond donors (Lipinski definition) is 3. The average molecular weight is 272 g/mol. The van der Waals surface area contributed by atoms with Gasteiger partial charge in [-0.2, -0.15) is 0 Å². The molecule has 0 aliphatic heterocycles. The number of imidazole rings is 1. The Labute approximate surface area is 115 Å². The van der Waals surface area contributed by atoms with Gasteiger partial charge in [0.25, 0.3) is 0 Å². The molecule has 3 unspecified atom stereocenters. The number of anilines is 1. The number of nitrogen functional groups attached to an aromatic ring is 1. The predicted octanol–water partition coefficient (Wildman–Crippen LogP) is 0.792. The van der Waals surface area contributed by atoms with Crippen molar-refractivity contribution in [3.63, 3.8) is 0 Å². The normalized spacial score (nSPS) is 25.9. The Balaban J connectivity index is 2.07. The molecule has 3 atom stereocenters. The van der Waals surface area contributed by atoms with Gasteiger partial charge in [0, 0.05) is 6.20 Å². The highest BCUT2D eigenvalue weighted by molar-refractivity contribution is 5.84. The van der Waals surface area contributed by atoms with E-state index in [1.54, 1.807) is 29.2 Å². The molecular formula is C14H16N4O2. The highest BCUT2D eigenvalue weighted by atomic mass is 16.3. The summed E-state index contributed by atoms with van der Waals surface area (Å²) in [4.78, 5) is 8.21. The molecular weight excluding hydrogens is 256 g/mol. The second kappa shape index (κ2) is 4.73. The zero-order chi connectivity index (χ0) is 14.3. The van der Waals surface area contributed by atoms with Crippen molar-refractivity contribution in [1.29, 1.82) is 0 Å². The number of pyridine rings is 1. The first-order valence-electron chi connectivity index (χ1n) is 6.38. The molecule has 2 heterocycles. The molecule has 6 nitrogen and oxygen atoms in total. The van der Waals surface area contributed by atoms with Crippen molar-refractivity contribution < 1.29 is 10.2 Å². The van der Waals surface area contributed by atoms with Crippen molar-refractivity contribution in [3.05, 3.63) is 42.9 Å². The SMILES string of the molecule is C=CCC1=CC(n2cnc3c(N)nccc32)C(O)C1O. The van der Waals surface area contributed by atoms with E-state index >= 15 is 0 Å². The van der Waals surface area contributed by atoms with Crippen LogP contribution in [-0.2, 0) is 0 Å². The molecule has 0 spiro atoms. The Hall–Kier alpha value is -2.18. The van der Waals surface area contributed by atoms with Crippen molar-refractivity contribution in [1.82, 2.24) is 14.5 Å². The fourth-order valence-corrected chi connectivity index (χ4v) is 2.64. The van der Waals surface area contributed by atoms with Gasteiger partial charge in [-0.1, -0.05) is 12.2 Å². The summed E-state index contributed by atoms with van der Waals surface area (Å²) in [6, 6.07) is 1.42. The second-order valence-corrected chi connectivity index (χ2v) is 4.88. The Morgan fingerprint density at radius 1 is 1.40 bits per heavy atom. The van der Waals surface area contributed by atoms with Crippen LogP contribution in [0.2, 0.25) is 0 Å². The maximum atomic E-state index is 10.2. The molecule has 4 N–H and O–H groups in total. The number of nitrogens with zero attached hydrogens (tertiary/aromatic N) is 3. The van der Waals surface area contributed by atoms with E-state index in [1.165, 1.54) is 0 Å². The van der Waals surface area contributed by atoms with Crippen molar-refractivity contribution in [2.45, 2.75) is 24.7 Å². The Morgan fingerprint density at radius 2 is 2.20 bits per heavy atom. The third-order valence-corrected chi connectivity index (χ3v) is 3.66. The molecule has 3 rings (SSSR count). The molecule has 0 saturated carbocycles. The van der Waals surface area contributed by atoms with Crippen LogP contribution in [0.3, 0.4) is 0 Å². The van der Waals surface area contributed by atoms with Crippen molar-refractivity contribution in [3.8, 4) is 0 Å². The first-order valence-corrected chi connectivity index (χ1v) is 6.38. The molecule has 0 amide bonds. The van der Waals surface area contributed by atoms with Gasteiger partial charge in [0.2, 0.25) is 0 Å². The maximum Gasteiger partial charge on any atom is 0.151 e. The first kappa shape index (κ1) is 12.8. The number of fused-ring (bicyclic) bond motifs is 1. The molecule has 0 fully saturated rings. The van der Waals surface area contributed by atoms with E-state index < -0.39 is 12.2 Å². The second-order valence-electron chi connectivity index (χ2n) is 4.88. The summed E-state index contributed by atoms with van der Waals surface area (Å²) in [7, 11) is 0. The van der Waals surface area contributed by atoms with Crippen LogP contribution in [-0.4, -0.2) is 37.0 Å². The van der Waals surface area contributed by atoms with Crippen LogP contribution in [0.25, 0.3) is 11.0 Å². The van der Waals surface area contributed by atoms with E-state index in [0.717, 1.165) is 11.1 Å². The number of rotatable bonds is 3. The zero-order valence-corrected chi connectivity index (χ0v) is 10.8. The van der Waals surface area contributed by atoms with Crippen molar-refractivity contribution >= 4 is 16.9 Å². The molecule has 20 heavy (non-hydrogen) atoms. The van der Waals surface area contributed by atoms with Crippen LogP contribution in [0.15, 0.2) is 42.9 Å². The van der Waals surface area contributed by atoms with Gasteiger partial charge in [-0.05, 0) is 18.1 Å². The van der Waals surface area contributed by atoms with E-state index in [4.69, 9.17) is 5.73 Å². The lowest BCUT2D eigenvalue weighted by atomic mass is 10.1. The van der Waals surface area contributed by atoms with Gasteiger partial charge < -0.3 is 20.5 Å². The number of aliphatic hydroxyl groups excluding tert-OH is 2. The lowest BCUT2D eigenvalue weighted by Gasteiger charge is -2.19. The minimum atomic E-state index is -0.906. The Kier molecular flexibility index (Phi) is 3.04. The molecule has 0 bridgehead atoms. The van der Waals surface area contributed by atoms with Crippen molar-refractivity contribution in [2.75, 3.05) is 5.73 Å². The molecule has 0 radical (unpaired) electrons.